The van der Waals surface area contributed by atoms with Crippen molar-refractivity contribution < 1.29 is 24.2 Å². The molecule has 0 heterocycles. The highest BCUT2D eigenvalue weighted by atomic mass is 16.6. The van der Waals surface area contributed by atoms with Crippen LogP contribution in [0.5, 0.6) is 0 Å². The SMILES string of the molecule is CCCCCCCCCCCCCCCC/C=C/CC/C=C/CCCC(=O)O[C@@H](CO)COC(=O)CCCCCCCCCCCCCCCC. The van der Waals surface area contributed by atoms with Gasteiger partial charge >= 0.3 is 11.9 Å². The molecular weight excluding hydrogens is 633 g/mol. The molecule has 0 rings (SSSR count). The third kappa shape index (κ3) is 41.0. The summed E-state index contributed by atoms with van der Waals surface area (Å²) in [5, 5.41) is 9.57. The summed E-state index contributed by atoms with van der Waals surface area (Å²) in [6.45, 7) is 4.13. The van der Waals surface area contributed by atoms with Crippen LogP contribution in [0.15, 0.2) is 24.3 Å². The molecular formula is C46H86O5. The number of aliphatic hydroxyl groups excluding tert-OH is 1. The number of ether oxygens (including phenoxy) is 2. The molecule has 0 aliphatic rings. The van der Waals surface area contributed by atoms with Crippen LogP contribution in [0.3, 0.4) is 0 Å². The van der Waals surface area contributed by atoms with Crippen molar-refractivity contribution in [3.63, 3.8) is 0 Å². The van der Waals surface area contributed by atoms with E-state index in [0.717, 1.165) is 38.5 Å². The monoisotopic (exact) mass is 719 g/mol. The first-order valence-corrected chi connectivity index (χ1v) is 22.4. The molecule has 5 nitrogen and oxygen atoms in total. The van der Waals surface area contributed by atoms with E-state index >= 15 is 0 Å². The fraction of sp³-hybridized carbons (Fsp3) is 0.870. The van der Waals surface area contributed by atoms with E-state index < -0.39 is 6.10 Å². The van der Waals surface area contributed by atoms with Gasteiger partial charge in [0.15, 0.2) is 6.10 Å². The number of allylic oxidation sites excluding steroid dienone is 4. The van der Waals surface area contributed by atoms with E-state index in [2.05, 4.69) is 38.2 Å². The molecule has 300 valence electrons. The maximum atomic E-state index is 12.2. The fourth-order valence-electron chi connectivity index (χ4n) is 6.58. The van der Waals surface area contributed by atoms with Gasteiger partial charge < -0.3 is 14.6 Å². The zero-order chi connectivity index (χ0) is 37.1. The minimum atomic E-state index is -0.787. The maximum Gasteiger partial charge on any atom is 0.306 e. The zero-order valence-electron chi connectivity index (χ0n) is 34.1. The van der Waals surface area contributed by atoms with Crippen molar-refractivity contribution in [3.8, 4) is 0 Å². The van der Waals surface area contributed by atoms with Crippen LogP contribution in [0.2, 0.25) is 0 Å². The van der Waals surface area contributed by atoms with Crippen molar-refractivity contribution >= 4 is 11.9 Å². The van der Waals surface area contributed by atoms with Gasteiger partial charge in [-0.25, -0.2) is 0 Å². The number of esters is 2. The zero-order valence-corrected chi connectivity index (χ0v) is 34.1. The largest absolute Gasteiger partial charge is 0.462 e. The molecule has 0 aromatic carbocycles. The van der Waals surface area contributed by atoms with Crippen molar-refractivity contribution in [1.82, 2.24) is 0 Å². The summed E-state index contributed by atoms with van der Waals surface area (Å²) in [5.74, 6) is -0.630. The Labute approximate surface area is 317 Å². The summed E-state index contributed by atoms with van der Waals surface area (Å²) in [5.41, 5.74) is 0. The molecule has 0 amide bonds. The highest BCUT2D eigenvalue weighted by molar-refractivity contribution is 5.70. The lowest BCUT2D eigenvalue weighted by Crippen LogP contribution is -2.28. The quantitative estimate of drug-likeness (QED) is 0.0387. The van der Waals surface area contributed by atoms with Gasteiger partial charge in [-0.15, -0.1) is 0 Å². The average molecular weight is 719 g/mol. The Kier molecular flexibility index (Phi) is 41.4. The van der Waals surface area contributed by atoms with Crippen LogP contribution in [0.1, 0.15) is 239 Å². The summed E-state index contributed by atoms with van der Waals surface area (Å²) in [6, 6.07) is 0. The molecule has 0 spiro atoms. The molecule has 0 aliphatic carbocycles. The summed E-state index contributed by atoms with van der Waals surface area (Å²) in [7, 11) is 0. The van der Waals surface area contributed by atoms with Gasteiger partial charge in [-0.05, 0) is 44.9 Å². The Bertz CT molecular complexity index is 776. The molecule has 0 aromatic heterocycles. The van der Waals surface area contributed by atoms with Gasteiger partial charge in [0.05, 0.1) is 6.61 Å². The second kappa shape index (κ2) is 42.8. The maximum absolute atomic E-state index is 12.2. The van der Waals surface area contributed by atoms with Crippen LogP contribution in [0, 0.1) is 0 Å². The fourth-order valence-corrected chi connectivity index (χ4v) is 6.58. The Morgan fingerprint density at radius 2 is 0.765 bits per heavy atom. The molecule has 0 fully saturated rings. The van der Waals surface area contributed by atoms with Gasteiger partial charge in [0, 0.05) is 12.8 Å². The summed E-state index contributed by atoms with van der Waals surface area (Å²) >= 11 is 0. The molecule has 0 aliphatic heterocycles. The van der Waals surface area contributed by atoms with Gasteiger partial charge in [-0.1, -0.05) is 205 Å². The van der Waals surface area contributed by atoms with Gasteiger partial charge in [0.2, 0.25) is 0 Å². The van der Waals surface area contributed by atoms with Crippen LogP contribution in [-0.4, -0.2) is 36.4 Å². The second-order valence-electron chi connectivity index (χ2n) is 15.1. The van der Waals surface area contributed by atoms with E-state index in [9.17, 15) is 14.7 Å². The second-order valence-corrected chi connectivity index (χ2v) is 15.1. The van der Waals surface area contributed by atoms with Crippen LogP contribution >= 0.6 is 0 Å². The van der Waals surface area contributed by atoms with Gasteiger partial charge in [-0.2, -0.15) is 0 Å². The number of carbonyl (C=O) groups excluding carboxylic acids is 2. The van der Waals surface area contributed by atoms with Crippen molar-refractivity contribution in [3.05, 3.63) is 24.3 Å². The Balaban J connectivity index is 3.54. The molecule has 0 unspecified atom stereocenters. The van der Waals surface area contributed by atoms with Crippen LogP contribution in [-0.2, 0) is 19.1 Å². The minimum Gasteiger partial charge on any atom is -0.462 e. The third-order valence-electron chi connectivity index (χ3n) is 9.98. The molecule has 0 saturated heterocycles. The lowest BCUT2D eigenvalue weighted by atomic mass is 10.0. The first-order chi connectivity index (χ1) is 25.1. The van der Waals surface area contributed by atoms with Crippen molar-refractivity contribution in [1.29, 1.82) is 0 Å². The van der Waals surface area contributed by atoms with Crippen LogP contribution < -0.4 is 0 Å². The number of rotatable bonds is 41. The van der Waals surface area contributed by atoms with Crippen molar-refractivity contribution in [2.45, 2.75) is 245 Å². The number of hydrogen-bond donors (Lipinski definition) is 1. The third-order valence-corrected chi connectivity index (χ3v) is 9.98. The standard InChI is InChI=1S/C46H86O5/c1-3-5-7-9-11-13-15-17-19-20-21-22-23-24-25-26-27-29-31-33-35-37-39-41-46(49)51-44(42-47)43-50-45(48)40-38-36-34-32-30-28-18-16-14-12-10-8-6-4-2/h26-27,33,35,44,47H,3-25,28-32,34,36-43H2,1-2H3/b27-26+,35-33+/t44-/m0/s1. The molecule has 5 heteroatoms. The summed E-state index contributed by atoms with van der Waals surface area (Å²) < 4.78 is 10.6. The van der Waals surface area contributed by atoms with E-state index in [0.29, 0.717) is 19.3 Å². The van der Waals surface area contributed by atoms with Crippen LogP contribution in [0.4, 0.5) is 0 Å². The first-order valence-electron chi connectivity index (χ1n) is 22.4. The van der Waals surface area contributed by atoms with E-state index in [4.69, 9.17) is 9.47 Å². The molecule has 0 bridgehead atoms. The molecule has 1 N–H and O–H groups in total. The number of hydrogen-bond acceptors (Lipinski definition) is 5. The van der Waals surface area contributed by atoms with Gasteiger partial charge in [0.25, 0.3) is 0 Å². The highest BCUT2D eigenvalue weighted by Gasteiger charge is 2.16. The Hall–Kier alpha value is -1.62. The minimum absolute atomic E-state index is 0.0769. The predicted molar refractivity (Wildman–Crippen MR) is 219 cm³/mol. The number of aliphatic hydroxyl groups is 1. The van der Waals surface area contributed by atoms with E-state index in [-0.39, 0.29) is 25.2 Å². The van der Waals surface area contributed by atoms with Crippen molar-refractivity contribution in [2.24, 2.45) is 0 Å². The lowest BCUT2D eigenvalue weighted by Gasteiger charge is -2.15. The Morgan fingerprint density at radius 3 is 1.18 bits per heavy atom. The van der Waals surface area contributed by atoms with Gasteiger partial charge in [-0.3, -0.25) is 9.59 Å². The van der Waals surface area contributed by atoms with E-state index in [1.54, 1.807) is 0 Å². The number of unbranched alkanes of at least 4 members (excludes halogenated alkanes) is 29. The Morgan fingerprint density at radius 1 is 0.431 bits per heavy atom. The first kappa shape index (κ1) is 49.4. The molecule has 0 saturated carbocycles. The highest BCUT2D eigenvalue weighted by Crippen LogP contribution is 2.15. The number of carbonyl (C=O) groups is 2. The molecule has 51 heavy (non-hydrogen) atoms. The van der Waals surface area contributed by atoms with Gasteiger partial charge in [0.1, 0.15) is 6.61 Å². The van der Waals surface area contributed by atoms with Crippen LogP contribution in [0.25, 0.3) is 0 Å². The molecule has 0 radical (unpaired) electrons. The summed E-state index contributed by atoms with van der Waals surface area (Å²) in [4.78, 5) is 24.3. The summed E-state index contributed by atoms with van der Waals surface area (Å²) in [6.07, 6.45) is 51.2. The van der Waals surface area contributed by atoms with E-state index in [1.165, 1.54) is 167 Å². The van der Waals surface area contributed by atoms with E-state index in [1.807, 2.05) is 0 Å². The lowest BCUT2D eigenvalue weighted by molar-refractivity contribution is -0.161. The predicted octanol–water partition coefficient (Wildman–Crippen LogP) is 14.2. The average Bonchev–Trinajstić information content (AvgIpc) is 3.13. The smallest absolute Gasteiger partial charge is 0.306 e. The topological polar surface area (TPSA) is 72.8 Å². The van der Waals surface area contributed by atoms with Crippen molar-refractivity contribution in [2.75, 3.05) is 13.2 Å². The normalized spacial score (nSPS) is 12.3. The molecule has 0 aromatic rings. The molecule has 1 atom stereocenters.